The van der Waals surface area contributed by atoms with Crippen molar-refractivity contribution >= 4 is 39.9 Å². The number of halogens is 1. The molecule has 0 spiro atoms. The molecule has 1 amide bonds. The number of fused-ring (bicyclic) bond motifs is 1. The molecule has 0 aliphatic carbocycles. The van der Waals surface area contributed by atoms with Gasteiger partial charge in [0.1, 0.15) is 11.6 Å². The van der Waals surface area contributed by atoms with Gasteiger partial charge >= 0.3 is 0 Å². The number of rotatable bonds is 4. The van der Waals surface area contributed by atoms with E-state index in [0.29, 0.717) is 10.7 Å². The molecule has 3 N–H and O–H groups in total. The van der Waals surface area contributed by atoms with E-state index in [4.69, 9.17) is 11.6 Å². The zero-order chi connectivity index (χ0) is 16.9. The fraction of sp³-hybridized carbons (Fsp3) is 0. The summed E-state index contributed by atoms with van der Waals surface area (Å²) in [4.78, 5) is 19.3. The molecule has 0 aliphatic rings. The molecule has 1 aromatic heterocycles. The monoisotopic (exact) mass is 337 g/mol. The maximum absolute atomic E-state index is 12.1. The van der Waals surface area contributed by atoms with E-state index in [-0.39, 0.29) is 5.57 Å². The van der Waals surface area contributed by atoms with Crippen LogP contribution >= 0.6 is 11.6 Å². The van der Waals surface area contributed by atoms with E-state index in [9.17, 15) is 10.1 Å². The van der Waals surface area contributed by atoms with Crippen molar-refractivity contribution in [3.63, 3.8) is 0 Å². The molecule has 7 heteroatoms. The Hall–Kier alpha value is -3.30. The Morgan fingerprint density at radius 2 is 2.12 bits per heavy atom. The Kier molecular flexibility index (Phi) is 4.45. The highest BCUT2D eigenvalue weighted by atomic mass is 35.5. The number of amides is 1. The predicted octanol–water partition coefficient (Wildman–Crippen LogP) is 3.67. The predicted molar refractivity (Wildman–Crippen MR) is 93.5 cm³/mol. The quantitative estimate of drug-likeness (QED) is 0.500. The lowest BCUT2D eigenvalue weighted by molar-refractivity contribution is -0.112. The van der Waals surface area contributed by atoms with Gasteiger partial charge in [0.2, 0.25) is 0 Å². The maximum atomic E-state index is 12.1. The topological polar surface area (TPSA) is 93.6 Å². The lowest BCUT2D eigenvalue weighted by atomic mass is 10.2. The Labute approximate surface area is 142 Å². The molecule has 0 unspecified atom stereocenters. The largest absolute Gasteiger partial charge is 0.360 e. The third-order valence-corrected chi connectivity index (χ3v) is 3.49. The van der Waals surface area contributed by atoms with Gasteiger partial charge in [0.05, 0.1) is 17.4 Å². The molecule has 0 aliphatic heterocycles. The molecule has 0 radical (unpaired) electrons. The van der Waals surface area contributed by atoms with Crippen molar-refractivity contribution in [2.75, 3.05) is 10.6 Å². The molecule has 24 heavy (non-hydrogen) atoms. The highest BCUT2D eigenvalue weighted by Crippen LogP contribution is 2.17. The van der Waals surface area contributed by atoms with Crippen LogP contribution in [0.4, 0.5) is 11.4 Å². The molecular weight excluding hydrogens is 326 g/mol. The molecule has 3 rings (SSSR count). The van der Waals surface area contributed by atoms with E-state index in [1.807, 2.05) is 24.3 Å². The molecule has 1 heterocycles. The first-order valence-corrected chi connectivity index (χ1v) is 7.40. The van der Waals surface area contributed by atoms with Gasteiger partial charge in [-0.25, -0.2) is 4.98 Å². The number of aromatic nitrogens is 2. The van der Waals surface area contributed by atoms with Gasteiger partial charge in [-0.2, -0.15) is 5.26 Å². The molecule has 6 nitrogen and oxygen atoms in total. The number of nitrogens with one attached hydrogen (secondary N) is 3. The molecule has 3 aromatic rings. The van der Waals surface area contributed by atoms with Gasteiger partial charge in [0, 0.05) is 22.6 Å². The lowest BCUT2D eigenvalue weighted by Gasteiger charge is -2.05. The van der Waals surface area contributed by atoms with Crippen LogP contribution in [0.3, 0.4) is 0 Å². The molecular formula is C17H12ClN5O. The lowest BCUT2D eigenvalue weighted by Crippen LogP contribution is -2.14. The number of aromatic amines is 1. The Morgan fingerprint density at radius 3 is 2.92 bits per heavy atom. The minimum atomic E-state index is -0.519. The Morgan fingerprint density at radius 1 is 1.25 bits per heavy atom. The SMILES string of the molecule is N#C/C(=C/Nc1ccc2nc[nH]c2c1)C(=O)Nc1cccc(Cl)c1. The minimum absolute atomic E-state index is 0.0558. The fourth-order valence-corrected chi connectivity index (χ4v) is 2.28. The Bertz CT molecular complexity index is 970. The molecule has 0 saturated carbocycles. The van der Waals surface area contributed by atoms with Crippen LogP contribution in [-0.4, -0.2) is 15.9 Å². The van der Waals surface area contributed by atoms with E-state index in [1.54, 1.807) is 30.6 Å². The first-order valence-electron chi connectivity index (χ1n) is 7.02. The average molecular weight is 338 g/mol. The van der Waals surface area contributed by atoms with Crippen LogP contribution in [0.1, 0.15) is 0 Å². The minimum Gasteiger partial charge on any atom is -0.360 e. The second-order valence-electron chi connectivity index (χ2n) is 4.91. The summed E-state index contributed by atoms with van der Waals surface area (Å²) in [5.41, 5.74) is 2.89. The van der Waals surface area contributed by atoms with Gasteiger partial charge in [0.15, 0.2) is 0 Å². The highest BCUT2D eigenvalue weighted by molar-refractivity contribution is 6.31. The van der Waals surface area contributed by atoms with E-state index in [0.717, 1.165) is 16.7 Å². The molecule has 0 atom stereocenters. The summed E-state index contributed by atoms with van der Waals surface area (Å²) in [5.74, 6) is -0.519. The maximum Gasteiger partial charge on any atom is 0.267 e. The van der Waals surface area contributed by atoms with Crippen LogP contribution in [-0.2, 0) is 4.79 Å². The fourth-order valence-electron chi connectivity index (χ4n) is 2.09. The van der Waals surface area contributed by atoms with Crippen molar-refractivity contribution < 1.29 is 4.79 Å². The summed E-state index contributed by atoms with van der Waals surface area (Å²) in [7, 11) is 0. The zero-order valence-electron chi connectivity index (χ0n) is 12.4. The third-order valence-electron chi connectivity index (χ3n) is 3.25. The zero-order valence-corrected chi connectivity index (χ0v) is 13.1. The first-order chi connectivity index (χ1) is 11.7. The van der Waals surface area contributed by atoms with Crippen molar-refractivity contribution in [2.24, 2.45) is 0 Å². The second-order valence-corrected chi connectivity index (χ2v) is 5.35. The summed E-state index contributed by atoms with van der Waals surface area (Å²) in [6.07, 6.45) is 2.96. The number of imidazole rings is 1. The van der Waals surface area contributed by atoms with Crippen LogP contribution in [0.15, 0.2) is 60.6 Å². The molecule has 0 bridgehead atoms. The summed E-state index contributed by atoms with van der Waals surface area (Å²) in [6, 6.07) is 14.1. The second kappa shape index (κ2) is 6.86. The van der Waals surface area contributed by atoms with Gasteiger partial charge < -0.3 is 15.6 Å². The number of nitriles is 1. The summed E-state index contributed by atoms with van der Waals surface area (Å²) < 4.78 is 0. The molecule has 0 saturated heterocycles. The van der Waals surface area contributed by atoms with Crippen LogP contribution in [0.25, 0.3) is 11.0 Å². The van der Waals surface area contributed by atoms with E-state index >= 15 is 0 Å². The van der Waals surface area contributed by atoms with Crippen molar-refractivity contribution in [3.8, 4) is 6.07 Å². The standard InChI is InChI=1S/C17H12ClN5O/c18-12-2-1-3-14(6-12)23-17(24)11(8-19)9-20-13-4-5-15-16(7-13)22-10-21-15/h1-7,9-10,20H,(H,21,22)(H,23,24)/b11-9-. The van der Waals surface area contributed by atoms with Gasteiger partial charge in [-0.05, 0) is 36.4 Å². The highest BCUT2D eigenvalue weighted by Gasteiger charge is 2.09. The van der Waals surface area contributed by atoms with Crippen molar-refractivity contribution in [1.29, 1.82) is 5.26 Å². The normalized spacial score (nSPS) is 11.1. The van der Waals surface area contributed by atoms with E-state index in [1.165, 1.54) is 6.20 Å². The number of benzene rings is 2. The third kappa shape index (κ3) is 3.54. The number of anilines is 2. The van der Waals surface area contributed by atoms with E-state index in [2.05, 4.69) is 20.6 Å². The summed E-state index contributed by atoms with van der Waals surface area (Å²) in [5, 5.41) is 15.2. The van der Waals surface area contributed by atoms with Gasteiger partial charge in [-0.15, -0.1) is 0 Å². The number of hydrogen-bond acceptors (Lipinski definition) is 4. The summed E-state index contributed by atoms with van der Waals surface area (Å²) in [6.45, 7) is 0. The number of nitrogens with zero attached hydrogens (tertiary/aromatic N) is 2. The average Bonchev–Trinajstić information content (AvgIpc) is 3.03. The molecule has 2 aromatic carbocycles. The molecule has 118 valence electrons. The van der Waals surface area contributed by atoms with Crippen LogP contribution < -0.4 is 10.6 Å². The van der Waals surface area contributed by atoms with Crippen molar-refractivity contribution in [1.82, 2.24) is 9.97 Å². The van der Waals surface area contributed by atoms with Crippen molar-refractivity contribution in [3.05, 3.63) is 65.6 Å². The Balaban J connectivity index is 1.73. The van der Waals surface area contributed by atoms with Gasteiger partial charge in [0.25, 0.3) is 5.91 Å². The van der Waals surface area contributed by atoms with E-state index < -0.39 is 5.91 Å². The van der Waals surface area contributed by atoms with Crippen molar-refractivity contribution in [2.45, 2.75) is 0 Å². The van der Waals surface area contributed by atoms with Gasteiger partial charge in [-0.3, -0.25) is 4.79 Å². The van der Waals surface area contributed by atoms with Gasteiger partial charge in [-0.1, -0.05) is 17.7 Å². The molecule has 0 fully saturated rings. The van der Waals surface area contributed by atoms with Crippen LogP contribution in [0.5, 0.6) is 0 Å². The number of carbonyl (C=O) groups is 1. The number of H-pyrrole nitrogens is 1. The first kappa shape index (κ1) is 15.6. The number of hydrogen-bond donors (Lipinski definition) is 3. The van der Waals surface area contributed by atoms with Crippen LogP contribution in [0.2, 0.25) is 5.02 Å². The van der Waals surface area contributed by atoms with Crippen LogP contribution in [0, 0.1) is 11.3 Å². The number of carbonyl (C=O) groups excluding carboxylic acids is 1. The summed E-state index contributed by atoms with van der Waals surface area (Å²) >= 11 is 5.87. The smallest absolute Gasteiger partial charge is 0.267 e.